The Hall–Kier alpha value is -6.82. The maximum absolute atomic E-state index is 14.0. The molecule has 0 radical (unpaired) electrons. The third kappa shape index (κ3) is 7.69. The first-order valence-electron chi connectivity index (χ1n) is 21.5. The summed E-state index contributed by atoms with van der Waals surface area (Å²) in [5.74, 6) is -4.72. The van der Waals surface area contributed by atoms with Crippen molar-refractivity contribution in [1.82, 2.24) is 9.80 Å². The molecule has 324 valence electrons. The van der Waals surface area contributed by atoms with Crippen LogP contribution in [0.5, 0.6) is 0 Å². The van der Waals surface area contributed by atoms with Crippen LogP contribution in [0, 0.1) is 23.7 Å². The fourth-order valence-corrected chi connectivity index (χ4v) is 9.56. The molecule has 2 saturated carbocycles. The number of ketones is 2. The Bertz CT molecular complexity index is 2630. The van der Waals surface area contributed by atoms with E-state index in [1.54, 1.807) is 24.3 Å². The molecule has 0 amide bonds. The molecule has 2 fully saturated rings. The van der Waals surface area contributed by atoms with Gasteiger partial charge in [-0.1, -0.05) is 109 Å². The molecule has 0 aromatic heterocycles. The van der Waals surface area contributed by atoms with Crippen LogP contribution in [0.3, 0.4) is 0 Å². The molecule has 10 rings (SSSR count). The molecule has 10 nitrogen and oxygen atoms in total. The van der Waals surface area contributed by atoms with Crippen LogP contribution in [-0.4, -0.2) is 74.0 Å². The molecule has 64 heavy (non-hydrogen) atoms. The molecule has 8 unspecified atom stereocenters. The summed E-state index contributed by atoms with van der Waals surface area (Å²) in [4.78, 5) is 33.7. The molecule has 2 aliphatic carbocycles. The first kappa shape index (κ1) is 42.5. The van der Waals surface area contributed by atoms with E-state index in [1.165, 1.54) is 0 Å². The van der Waals surface area contributed by atoms with Gasteiger partial charge in [0.15, 0.2) is 0 Å². The van der Waals surface area contributed by atoms with Crippen molar-refractivity contribution < 1.29 is 30.0 Å². The van der Waals surface area contributed by atoms with E-state index >= 15 is 0 Å². The van der Waals surface area contributed by atoms with E-state index in [-0.39, 0.29) is 0 Å². The number of carbonyl (C=O) groups is 2. The number of anilines is 4. The summed E-state index contributed by atoms with van der Waals surface area (Å²) in [6.07, 6.45) is 15.8. The number of Topliss-reactive ketones (excluding diaryl/α,β-unsaturated/α-hetero) is 2. The van der Waals surface area contributed by atoms with E-state index in [2.05, 4.69) is 9.80 Å². The molecule has 4 heterocycles. The monoisotopic (exact) mass is 848 g/mol. The highest BCUT2D eigenvalue weighted by Crippen LogP contribution is 2.48. The second kappa shape index (κ2) is 17.4. The zero-order valence-electron chi connectivity index (χ0n) is 36.0. The summed E-state index contributed by atoms with van der Waals surface area (Å²) in [6.45, 7) is 0. The predicted molar refractivity (Wildman–Crippen MR) is 243 cm³/mol. The fourth-order valence-electron chi connectivity index (χ4n) is 9.56. The van der Waals surface area contributed by atoms with Crippen LogP contribution >= 0.6 is 0 Å². The Morgan fingerprint density at radius 1 is 0.422 bits per heavy atom. The number of hydrogen-bond acceptors (Lipinski definition) is 10. The summed E-state index contributed by atoms with van der Waals surface area (Å²) < 4.78 is 0. The van der Waals surface area contributed by atoms with Crippen LogP contribution in [-0.2, 0) is 9.59 Å². The van der Waals surface area contributed by atoms with Crippen LogP contribution in [0.25, 0.3) is 11.1 Å². The van der Waals surface area contributed by atoms with E-state index in [0.717, 1.165) is 67.3 Å². The van der Waals surface area contributed by atoms with Crippen LogP contribution in [0.4, 0.5) is 22.7 Å². The maximum Gasteiger partial charge on any atom is 0.125 e. The Labute approximate surface area is 374 Å². The maximum atomic E-state index is 14.0. The molecule has 10 heteroatoms. The van der Waals surface area contributed by atoms with Crippen LogP contribution < -0.4 is 30.2 Å². The van der Waals surface area contributed by atoms with Crippen LogP contribution in [0.15, 0.2) is 182 Å². The molecule has 4 aromatic rings. The molecule has 8 atom stereocenters. The molecule has 4 aromatic carbocycles. The van der Waals surface area contributed by atoms with E-state index in [9.17, 15) is 30.0 Å². The SMILES string of the molecule is CN1C=CC(=CC2C(=O)C([O-])C(C=C3C=CN(C)C=C3)C2[O-])C=C1.CN1c2ccccc2C(=CC2C(=O)C([O-])C(C=C3c4ccccc4N(C)c4ccccc43)C2[O-])c2ccccc21. The minimum atomic E-state index is -1.62. The number of nitrogens with zero attached hydrogens (tertiary/aromatic N) is 4. The van der Waals surface area contributed by atoms with Gasteiger partial charge in [-0.15, -0.1) is 12.2 Å². The summed E-state index contributed by atoms with van der Waals surface area (Å²) in [5.41, 5.74) is 11.1. The Kier molecular flexibility index (Phi) is 11.5. The predicted octanol–water partition coefficient (Wildman–Crippen LogP) is 4.74. The average molecular weight is 849 g/mol. The number of carbonyl (C=O) groups excluding carboxylic acids is 2. The normalized spacial score (nSPS) is 26.3. The lowest BCUT2D eigenvalue weighted by Gasteiger charge is -2.35. The van der Waals surface area contributed by atoms with E-state index < -0.39 is 59.7 Å². The quantitative estimate of drug-likeness (QED) is 0.283. The largest absolute Gasteiger partial charge is 0.851 e. The van der Waals surface area contributed by atoms with Crippen LogP contribution in [0.2, 0.25) is 0 Å². The number of benzene rings is 4. The van der Waals surface area contributed by atoms with Crippen molar-refractivity contribution in [2.45, 2.75) is 24.4 Å². The molecular weight excluding hydrogens is 801 g/mol. The van der Waals surface area contributed by atoms with Crippen molar-refractivity contribution in [3.05, 3.63) is 204 Å². The van der Waals surface area contributed by atoms with Crippen molar-refractivity contribution in [3.8, 4) is 0 Å². The second-order valence-corrected chi connectivity index (χ2v) is 17.1. The molecular formula is C54H48N4O6-4. The lowest BCUT2D eigenvalue weighted by molar-refractivity contribution is -0.459. The van der Waals surface area contributed by atoms with Gasteiger partial charge < -0.3 is 49.6 Å². The van der Waals surface area contributed by atoms with Gasteiger partial charge in [0.25, 0.3) is 0 Å². The molecule has 6 aliphatic rings. The van der Waals surface area contributed by atoms with Crippen molar-refractivity contribution in [3.63, 3.8) is 0 Å². The number of fused-ring (bicyclic) bond motifs is 4. The first-order valence-corrected chi connectivity index (χ1v) is 21.5. The van der Waals surface area contributed by atoms with Gasteiger partial charge in [0.1, 0.15) is 11.6 Å². The fraction of sp³-hybridized carbons (Fsp3) is 0.222. The standard InChI is InChI=1S/C35H28N2O3.C19H20N2O3/c1-36-29-15-7-3-11-21(29)25(22-12-4-8-16-30(22)36)19-27-33(38)28(35(40)34(27)39)20-26-23-13-5-9-17-31(23)37(2)32-18-10-6-14-24(26)32;1-20-7-3-13(4-8-20)11-15-17(22)16(19(24)18(15)23)12-14-5-9-21(2)10-6-14/h3-20,27-28,33-34H,1-2H3;3-12,15-18H,1-2H3/q2*-2. The highest BCUT2D eigenvalue weighted by Gasteiger charge is 2.39. The zero-order valence-corrected chi connectivity index (χ0v) is 36.0. The lowest BCUT2D eigenvalue weighted by Crippen LogP contribution is -2.40. The van der Waals surface area contributed by atoms with Gasteiger partial charge in [-0.3, -0.25) is 0 Å². The Morgan fingerprint density at radius 3 is 1.12 bits per heavy atom. The molecule has 0 spiro atoms. The van der Waals surface area contributed by atoms with E-state index in [4.69, 9.17) is 0 Å². The van der Waals surface area contributed by atoms with Gasteiger partial charge in [-0.25, -0.2) is 0 Å². The number of allylic oxidation sites excluding steroid dienone is 6. The lowest BCUT2D eigenvalue weighted by atomic mass is 9.85. The van der Waals surface area contributed by atoms with Crippen LogP contribution in [0.1, 0.15) is 22.3 Å². The minimum absolute atomic E-state index is 0.508. The average Bonchev–Trinajstić information content (AvgIpc) is 3.64. The number of hydrogen-bond donors (Lipinski definition) is 0. The molecule has 4 aliphatic heterocycles. The number of para-hydroxylation sites is 4. The number of rotatable bonds is 4. The highest BCUT2D eigenvalue weighted by molar-refractivity contribution is 6.01. The Morgan fingerprint density at radius 2 is 0.734 bits per heavy atom. The van der Waals surface area contributed by atoms with E-state index in [1.807, 2.05) is 184 Å². The highest BCUT2D eigenvalue weighted by atomic mass is 16.3. The smallest absolute Gasteiger partial charge is 0.125 e. The van der Waals surface area contributed by atoms with Gasteiger partial charge in [-0.05, 0) is 82.7 Å². The topological polar surface area (TPSA) is 139 Å². The molecule has 0 N–H and O–H groups in total. The van der Waals surface area contributed by atoms with Gasteiger partial charge in [0, 0.05) is 110 Å². The third-order valence-electron chi connectivity index (χ3n) is 13.1. The third-order valence-corrected chi connectivity index (χ3v) is 13.1. The van der Waals surface area contributed by atoms with E-state index in [0.29, 0.717) is 0 Å². The van der Waals surface area contributed by atoms with Gasteiger partial charge >= 0.3 is 0 Å². The summed E-state index contributed by atoms with van der Waals surface area (Å²) in [7, 11) is 7.80. The second-order valence-electron chi connectivity index (χ2n) is 17.1. The van der Waals surface area contributed by atoms with Crippen molar-refractivity contribution >= 4 is 45.5 Å². The van der Waals surface area contributed by atoms with Crippen molar-refractivity contribution in [1.29, 1.82) is 0 Å². The molecule has 0 saturated heterocycles. The zero-order chi connectivity index (χ0) is 44.8. The van der Waals surface area contributed by atoms with Gasteiger partial charge in [-0.2, -0.15) is 0 Å². The summed E-state index contributed by atoms with van der Waals surface area (Å²) in [6, 6.07) is 31.9. The Balaban J connectivity index is 0.000000185. The summed E-state index contributed by atoms with van der Waals surface area (Å²) >= 11 is 0. The first-order chi connectivity index (χ1) is 30.9. The van der Waals surface area contributed by atoms with Gasteiger partial charge in [0.2, 0.25) is 0 Å². The van der Waals surface area contributed by atoms with Crippen molar-refractivity contribution in [2.75, 3.05) is 38.0 Å². The molecule has 0 bridgehead atoms. The van der Waals surface area contributed by atoms with Crippen molar-refractivity contribution in [2.24, 2.45) is 23.7 Å². The summed E-state index contributed by atoms with van der Waals surface area (Å²) in [5, 5.41) is 52.5. The van der Waals surface area contributed by atoms with Gasteiger partial charge in [0.05, 0.1) is 0 Å². The minimum Gasteiger partial charge on any atom is -0.851 e.